The van der Waals surface area contributed by atoms with E-state index in [0.29, 0.717) is 11.7 Å². The summed E-state index contributed by atoms with van der Waals surface area (Å²) in [4.78, 5) is 10.8. The minimum Gasteiger partial charge on any atom is -0.390 e. The third-order valence-electron chi connectivity index (χ3n) is 4.16. The summed E-state index contributed by atoms with van der Waals surface area (Å²) >= 11 is 0. The van der Waals surface area contributed by atoms with Gasteiger partial charge in [0.25, 0.3) is 0 Å². The molecule has 4 heteroatoms. The van der Waals surface area contributed by atoms with Crippen LogP contribution in [0.15, 0.2) is 12.4 Å². The Kier molecular flexibility index (Phi) is 4.53. The third-order valence-corrected chi connectivity index (χ3v) is 4.16. The predicted octanol–water partition coefficient (Wildman–Crippen LogP) is 2.37. The first kappa shape index (κ1) is 13.3. The van der Waals surface area contributed by atoms with Crippen LogP contribution in [0.5, 0.6) is 0 Å². The number of anilines is 1. The molecule has 1 aromatic rings. The fourth-order valence-electron chi connectivity index (χ4n) is 2.74. The van der Waals surface area contributed by atoms with Gasteiger partial charge in [-0.05, 0) is 31.6 Å². The van der Waals surface area contributed by atoms with E-state index in [9.17, 15) is 0 Å². The van der Waals surface area contributed by atoms with Crippen molar-refractivity contribution in [2.45, 2.75) is 51.7 Å². The highest BCUT2D eigenvalue weighted by Crippen LogP contribution is 2.30. The summed E-state index contributed by atoms with van der Waals surface area (Å²) in [5.74, 6) is 1.82. The summed E-state index contributed by atoms with van der Waals surface area (Å²) in [7, 11) is 2.10. The van der Waals surface area contributed by atoms with Gasteiger partial charge in [-0.15, -0.1) is 0 Å². The molecule has 1 fully saturated rings. The molecule has 1 aromatic heterocycles. The van der Waals surface area contributed by atoms with E-state index >= 15 is 0 Å². The lowest BCUT2D eigenvalue weighted by Gasteiger charge is -2.34. The van der Waals surface area contributed by atoms with Gasteiger partial charge in [-0.3, -0.25) is 4.98 Å². The fourth-order valence-corrected chi connectivity index (χ4v) is 2.74. The first-order valence-electron chi connectivity index (χ1n) is 6.89. The molecule has 0 aromatic carbocycles. The summed E-state index contributed by atoms with van der Waals surface area (Å²) in [6.45, 7) is 2.24. The number of hydrogen-bond acceptors (Lipinski definition) is 4. The van der Waals surface area contributed by atoms with Gasteiger partial charge in [0.15, 0.2) is 0 Å². The lowest BCUT2D eigenvalue weighted by molar-refractivity contribution is 0.276. The number of hydrogen-bond donors (Lipinski definition) is 1. The normalized spacial score (nSPS) is 23.9. The largest absolute Gasteiger partial charge is 0.390 e. The van der Waals surface area contributed by atoms with Gasteiger partial charge >= 0.3 is 0 Å². The van der Waals surface area contributed by atoms with Crippen molar-refractivity contribution in [2.24, 2.45) is 5.92 Å². The molecule has 0 amide bonds. The zero-order valence-corrected chi connectivity index (χ0v) is 11.3. The monoisotopic (exact) mass is 249 g/mol. The van der Waals surface area contributed by atoms with Crippen LogP contribution in [0.25, 0.3) is 0 Å². The van der Waals surface area contributed by atoms with Crippen LogP contribution in [-0.4, -0.2) is 28.2 Å². The Bertz CT molecular complexity index is 358. The smallest absolute Gasteiger partial charge is 0.147 e. The Labute approximate surface area is 109 Å². The molecule has 0 atom stereocenters. The standard InChI is InChI=1S/C14H23N3O/c1-3-11-4-6-13(7-5-11)17(2)14-9-15-12(10-18)8-16-14/h8-9,11,13,18H,3-7,10H2,1-2H3. The average molecular weight is 249 g/mol. The molecule has 0 unspecified atom stereocenters. The van der Waals surface area contributed by atoms with Crippen LogP contribution in [-0.2, 0) is 6.61 Å². The van der Waals surface area contributed by atoms with Gasteiger partial charge < -0.3 is 10.0 Å². The molecule has 1 heterocycles. The van der Waals surface area contributed by atoms with Gasteiger partial charge in [0.05, 0.1) is 24.7 Å². The SMILES string of the molecule is CCC1CCC(N(C)c2cnc(CO)cn2)CC1. The number of nitrogens with zero attached hydrogens (tertiary/aromatic N) is 3. The highest BCUT2D eigenvalue weighted by atomic mass is 16.3. The minimum absolute atomic E-state index is 0.0431. The van der Waals surface area contributed by atoms with Gasteiger partial charge in [-0.25, -0.2) is 4.98 Å². The van der Waals surface area contributed by atoms with Crippen molar-refractivity contribution >= 4 is 5.82 Å². The number of rotatable bonds is 4. The molecule has 2 rings (SSSR count). The Balaban J connectivity index is 1.96. The molecule has 1 N–H and O–H groups in total. The molecule has 1 saturated carbocycles. The van der Waals surface area contributed by atoms with Gasteiger partial charge in [-0.1, -0.05) is 13.3 Å². The maximum absolute atomic E-state index is 8.96. The molecule has 0 spiro atoms. The number of aliphatic hydroxyl groups excluding tert-OH is 1. The first-order valence-corrected chi connectivity index (χ1v) is 6.89. The maximum atomic E-state index is 8.96. The van der Waals surface area contributed by atoms with Crippen LogP contribution >= 0.6 is 0 Å². The molecular weight excluding hydrogens is 226 g/mol. The number of aliphatic hydroxyl groups is 1. The van der Waals surface area contributed by atoms with E-state index in [1.807, 2.05) is 0 Å². The maximum Gasteiger partial charge on any atom is 0.147 e. The lowest BCUT2D eigenvalue weighted by Crippen LogP contribution is -2.35. The van der Waals surface area contributed by atoms with Crippen LogP contribution < -0.4 is 4.90 Å². The van der Waals surface area contributed by atoms with Gasteiger partial charge in [-0.2, -0.15) is 0 Å². The fraction of sp³-hybridized carbons (Fsp3) is 0.714. The summed E-state index contributed by atoms with van der Waals surface area (Å²) in [5.41, 5.74) is 0.627. The molecule has 0 saturated heterocycles. The van der Waals surface area contributed by atoms with E-state index in [2.05, 4.69) is 28.8 Å². The second-order valence-electron chi connectivity index (χ2n) is 5.22. The predicted molar refractivity (Wildman–Crippen MR) is 72.4 cm³/mol. The molecule has 18 heavy (non-hydrogen) atoms. The van der Waals surface area contributed by atoms with Crippen LogP contribution in [0.1, 0.15) is 44.7 Å². The van der Waals surface area contributed by atoms with E-state index in [4.69, 9.17) is 5.11 Å². The van der Waals surface area contributed by atoms with Gasteiger partial charge in [0, 0.05) is 13.1 Å². The second kappa shape index (κ2) is 6.14. The van der Waals surface area contributed by atoms with Crippen molar-refractivity contribution in [3.8, 4) is 0 Å². The van der Waals surface area contributed by atoms with Crippen molar-refractivity contribution in [1.82, 2.24) is 9.97 Å². The van der Waals surface area contributed by atoms with Crippen LogP contribution in [0.2, 0.25) is 0 Å². The summed E-state index contributed by atoms with van der Waals surface area (Å²) in [5, 5.41) is 8.96. The van der Waals surface area contributed by atoms with Gasteiger partial charge in [0.2, 0.25) is 0 Å². The second-order valence-corrected chi connectivity index (χ2v) is 5.22. The third kappa shape index (κ3) is 2.99. The summed E-state index contributed by atoms with van der Waals surface area (Å²) in [6.07, 6.45) is 9.88. The van der Waals surface area contributed by atoms with Crippen molar-refractivity contribution in [3.63, 3.8) is 0 Å². The topological polar surface area (TPSA) is 49.2 Å². The lowest BCUT2D eigenvalue weighted by atomic mass is 9.84. The molecule has 1 aliphatic carbocycles. The van der Waals surface area contributed by atoms with E-state index < -0.39 is 0 Å². The highest BCUT2D eigenvalue weighted by molar-refractivity contribution is 5.36. The summed E-state index contributed by atoms with van der Waals surface area (Å²) < 4.78 is 0. The average Bonchev–Trinajstić information content (AvgIpc) is 2.47. The summed E-state index contributed by atoms with van der Waals surface area (Å²) in [6, 6.07) is 0.585. The Morgan fingerprint density at radius 2 is 1.94 bits per heavy atom. The zero-order chi connectivity index (χ0) is 13.0. The molecule has 0 radical (unpaired) electrons. The van der Waals surface area contributed by atoms with Crippen molar-refractivity contribution in [2.75, 3.05) is 11.9 Å². The molecule has 100 valence electrons. The van der Waals surface area contributed by atoms with E-state index in [-0.39, 0.29) is 6.61 Å². The molecule has 4 nitrogen and oxygen atoms in total. The van der Waals surface area contributed by atoms with E-state index in [0.717, 1.165) is 11.7 Å². The van der Waals surface area contributed by atoms with Crippen molar-refractivity contribution in [1.29, 1.82) is 0 Å². The molecule has 0 aliphatic heterocycles. The molecular formula is C14H23N3O. The van der Waals surface area contributed by atoms with Crippen molar-refractivity contribution < 1.29 is 5.11 Å². The number of aromatic nitrogens is 2. The van der Waals surface area contributed by atoms with Gasteiger partial charge in [0.1, 0.15) is 5.82 Å². The Hall–Kier alpha value is -1.16. The van der Waals surface area contributed by atoms with E-state index in [1.165, 1.54) is 32.1 Å². The molecule has 0 bridgehead atoms. The van der Waals surface area contributed by atoms with Crippen molar-refractivity contribution in [3.05, 3.63) is 18.1 Å². The quantitative estimate of drug-likeness (QED) is 0.890. The van der Waals surface area contributed by atoms with Crippen LogP contribution in [0.4, 0.5) is 5.82 Å². The van der Waals surface area contributed by atoms with E-state index in [1.54, 1.807) is 12.4 Å². The van der Waals surface area contributed by atoms with Crippen LogP contribution in [0.3, 0.4) is 0 Å². The molecule has 1 aliphatic rings. The first-order chi connectivity index (χ1) is 8.74. The Morgan fingerprint density at radius 1 is 1.22 bits per heavy atom. The van der Waals surface area contributed by atoms with Crippen LogP contribution in [0, 0.1) is 5.92 Å². The Morgan fingerprint density at radius 3 is 2.44 bits per heavy atom. The minimum atomic E-state index is -0.0431. The zero-order valence-electron chi connectivity index (χ0n) is 11.3. The highest BCUT2D eigenvalue weighted by Gasteiger charge is 2.23.